The molecule has 0 saturated heterocycles. The smallest absolute Gasteiger partial charge is 0.252 e. The van der Waals surface area contributed by atoms with Gasteiger partial charge in [-0.3, -0.25) is 0 Å². The third-order valence-corrected chi connectivity index (χ3v) is 19.1. The van der Waals surface area contributed by atoms with E-state index < -0.39 is 305 Å². The van der Waals surface area contributed by atoms with Crippen molar-refractivity contribution in [2.45, 2.75) is 26.2 Å². The van der Waals surface area contributed by atoms with Crippen molar-refractivity contribution >= 4 is 145 Å². The zero-order valence-electron chi connectivity index (χ0n) is 85.4. The van der Waals surface area contributed by atoms with E-state index >= 15 is 0 Å². The molecule has 0 radical (unpaired) electrons. The first-order valence-corrected chi connectivity index (χ1v) is 32.4. The van der Waals surface area contributed by atoms with E-state index in [4.69, 9.17) is 14.3 Å². The molecule has 0 unspecified atom stereocenters. The SMILES string of the molecule is [2H]c1c([2H])c(-n2c3c([2H])c([2H])c([2H])c([2H])c3c3c([2H])c([2H])c([2H])c([2H])c32)c([2H])c2c1B1c3c(cc(C(C)(C)C)cc3N(c3c(-c4ccccc4)c([2H])c([2H])c4c3oc3c([2H])c(-c5ccccc5)c([2H])c([2H])c34)c3c([2H])c(-n4c5c([2H])c([2H])c([2H])c([2H])c5c5c([2H])c([2H])c([2H])c([2H])c54)c([2H])c([2H])c31)N2c1c(-c2ccccc2)c([2H])c([2H])c2c1oc1c([2H])c(-c3ccccc3)c([2H])c([2H])c12. The summed E-state index contributed by atoms with van der Waals surface area (Å²) in [6, 6.07) is 10.0. The summed E-state index contributed by atoms with van der Waals surface area (Å²) in [7, 11) is 0. The van der Waals surface area contributed by atoms with Crippen molar-refractivity contribution in [2.24, 2.45) is 0 Å². The van der Waals surface area contributed by atoms with Crippen LogP contribution in [0.2, 0.25) is 0 Å². The number of aromatic nitrogens is 2. The molecule has 4 aromatic heterocycles. The molecule has 0 spiro atoms. The summed E-state index contributed by atoms with van der Waals surface area (Å²) in [5.74, 6) is 0. The number of anilines is 6. The maximum Gasteiger partial charge on any atom is 0.252 e. The van der Waals surface area contributed by atoms with Crippen LogP contribution < -0.4 is 26.2 Å². The minimum absolute atomic E-state index is 0.0975. The molecule has 6 nitrogen and oxygen atoms in total. The van der Waals surface area contributed by atoms with Gasteiger partial charge in [0.1, 0.15) is 11.2 Å². The van der Waals surface area contributed by atoms with Crippen molar-refractivity contribution in [3.05, 3.63) is 332 Å². The Bertz CT molecular complexity index is 8010. The lowest BCUT2D eigenvalue weighted by atomic mass is 9.33. The van der Waals surface area contributed by atoms with Gasteiger partial charge in [-0.25, -0.2) is 0 Å². The fourth-order valence-corrected chi connectivity index (χ4v) is 14.5. The molecule has 0 saturated carbocycles. The molecule has 21 rings (SSSR count). The highest BCUT2D eigenvalue weighted by molar-refractivity contribution is 7.00. The Morgan fingerprint density at radius 1 is 0.327 bits per heavy atom. The van der Waals surface area contributed by atoms with Crippen LogP contribution >= 0.6 is 0 Å². The Balaban J connectivity index is 1.05. The number of fused-ring (bicyclic) bond motifs is 16. The highest BCUT2D eigenvalue weighted by Crippen LogP contribution is 2.55. The molecule has 2 aliphatic rings. The molecule has 0 amide bonds. The second kappa shape index (κ2) is 21.8. The number of hydrogen-bond donors (Lipinski definition) is 0. The average molecular weight is 1320 g/mol. The van der Waals surface area contributed by atoms with E-state index in [1.807, 2.05) is 0 Å². The largest absolute Gasteiger partial charge is 0.454 e. The second-order valence-electron chi connectivity index (χ2n) is 25.8. The standard InChI is InChI=1S/C94H63BN4O2/c1-94(2,3)64-54-85-89-86(55-64)99(91-68(61-30-14-7-15-31-61)47-49-76-74-45-41-63(53-88(74)101-93(76)91)59-26-10-5-11-27-59)84-57-66(97-81-38-22-18-34-71(81)72-35-19-23-39-82(72)97)43-51-78(84)95(89)77-50-42-65(96-79-36-20-16-32-69(79)70-33-17-21-37-80(70)96)56-83(77)98(85)90-67(60-28-12-6-13-29-60)46-48-75-73-44-40-62(52-87(73)100-92(75)90)58-24-8-4-9-25-58/h4-57H,1-3H3/i16D,17D,18D,19D,20D,21D,22D,23D,32D,33D,34D,35D,36D,37D,38D,39D,40D,41D,42D,43D,44D,45D,46D,47D,48D,49D,50D,51D,52D,53D,56D,57D. The quantitative estimate of drug-likeness (QED) is 0.142. The Labute approximate surface area is 629 Å². The van der Waals surface area contributed by atoms with E-state index in [2.05, 4.69) is 0 Å². The van der Waals surface area contributed by atoms with E-state index in [0.717, 1.165) is 9.13 Å². The van der Waals surface area contributed by atoms with E-state index in [0.29, 0.717) is 11.1 Å². The maximum atomic E-state index is 11.7. The van der Waals surface area contributed by atoms with Gasteiger partial charge in [0.05, 0.1) is 77.3 Å². The molecule has 0 bridgehead atoms. The lowest BCUT2D eigenvalue weighted by molar-refractivity contribution is 0.590. The predicted molar refractivity (Wildman–Crippen MR) is 424 cm³/mol. The van der Waals surface area contributed by atoms with Gasteiger partial charge < -0.3 is 27.8 Å². The van der Waals surface area contributed by atoms with Crippen molar-refractivity contribution in [1.82, 2.24) is 9.13 Å². The fourth-order valence-electron chi connectivity index (χ4n) is 14.5. The van der Waals surface area contributed by atoms with Crippen LogP contribution in [0.3, 0.4) is 0 Å². The van der Waals surface area contributed by atoms with Crippen LogP contribution in [0, 0.1) is 0 Å². The van der Waals surface area contributed by atoms with Crippen LogP contribution in [0.25, 0.3) is 143 Å². The zero-order valence-corrected chi connectivity index (χ0v) is 53.4. The van der Waals surface area contributed by atoms with Gasteiger partial charge in [-0.15, -0.1) is 0 Å². The normalized spacial score (nSPS) is 17.3. The summed E-state index contributed by atoms with van der Waals surface area (Å²) < 4.78 is 339. The highest BCUT2D eigenvalue weighted by Gasteiger charge is 2.47. The van der Waals surface area contributed by atoms with Crippen LogP contribution in [0.15, 0.2) is 336 Å². The van der Waals surface area contributed by atoms with Crippen LogP contribution in [0.5, 0.6) is 0 Å². The zero-order chi connectivity index (χ0) is 94.6. The first kappa shape index (κ1) is 34.1. The molecule has 7 heteroatoms. The highest BCUT2D eigenvalue weighted by atomic mass is 16.3. The van der Waals surface area contributed by atoms with Crippen LogP contribution in [0.1, 0.15) is 70.2 Å². The molecule has 0 aliphatic carbocycles. The number of furan rings is 2. The van der Waals surface area contributed by atoms with Gasteiger partial charge in [-0.2, -0.15) is 0 Å². The van der Waals surface area contributed by atoms with Crippen LogP contribution in [-0.4, -0.2) is 15.8 Å². The number of nitrogens with zero attached hydrogens (tertiary/aromatic N) is 4. The van der Waals surface area contributed by atoms with Gasteiger partial charge in [0.15, 0.2) is 11.2 Å². The molecular formula is C94H63BN4O2. The summed E-state index contributed by atoms with van der Waals surface area (Å²) in [5, 5.41) is -3.47. The van der Waals surface area contributed by atoms with Crippen LogP contribution in [-0.2, 0) is 5.41 Å². The van der Waals surface area contributed by atoms with E-state index in [1.54, 1.807) is 154 Å². The van der Waals surface area contributed by atoms with Gasteiger partial charge in [0, 0.05) is 88.3 Å². The maximum absolute atomic E-state index is 11.7. The molecule has 474 valence electrons. The van der Waals surface area contributed by atoms with Crippen molar-refractivity contribution < 1.29 is 52.7 Å². The van der Waals surface area contributed by atoms with Gasteiger partial charge in [-0.1, -0.05) is 251 Å². The van der Waals surface area contributed by atoms with E-state index in [9.17, 15) is 38.4 Å². The molecule has 19 aromatic rings. The van der Waals surface area contributed by atoms with Gasteiger partial charge in [-0.05, 0) is 157 Å². The van der Waals surface area contributed by atoms with Crippen molar-refractivity contribution in [2.75, 3.05) is 9.80 Å². The van der Waals surface area contributed by atoms with Crippen molar-refractivity contribution in [1.29, 1.82) is 0 Å². The molecule has 101 heavy (non-hydrogen) atoms. The predicted octanol–water partition coefficient (Wildman–Crippen LogP) is 23.7. The molecule has 0 fully saturated rings. The molecular weight excluding hydrogens is 1230 g/mol. The summed E-state index contributed by atoms with van der Waals surface area (Å²) in [4.78, 5) is 2.69. The van der Waals surface area contributed by atoms with E-state index in [1.165, 1.54) is 9.80 Å². The number of rotatable bonds is 8. The Kier molecular flexibility index (Phi) is 7.37. The van der Waals surface area contributed by atoms with Crippen LogP contribution in [0.4, 0.5) is 34.1 Å². The third-order valence-electron chi connectivity index (χ3n) is 19.1. The van der Waals surface area contributed by atoms with E-state index in [-0.39, 0.29) is 88.7 Å². The number of hydrogen-bond acceptors (Lipinski definition) is 4. The Morgan fingerprint density at radius 2 is 0.683 bits per heavy atom. The summed E-state index contributed by atoms with van der Waals surface area (Å²) in [6.45, 7) is 3.31. The average Bonchev–Trinajstić information content (AvgIpc) is 1.64. The lowest BCUT2D eigenvalue weighted by Crippen LogP contribution is -2.61. The first-order valence-electron chi connectivity index (χ1n) is 48.4. The summed E-state index contributed by atoms with van der Waals surface area (Å²) in [6.07, 6.45) is 0. The van der Waals surface area contributed by atoms with Crippen molar-refractivity contribution in [3.8, 4) is 55.9 Å². The molecule has 2 aliphatic heterocycles. The second-order valence-corrected chi connectivity index (χ2v) is 25.8. The third kappa shape index (κ3) is 8.60. The summed E-state index contributed by atoms with van der Waals surface area (Å²) >= 11 is 0. The number of para-hydroxylation sites is 4. The Hall–Kier alpha value is -12.8. The topological polar surface area (TPSA) is 42.6 Å². The van der Waals surface area contributed by atoms with Gasteiger partial charge in [0.2, 0.25) is 0 Å². The minimum Gasteiger partial charge on any atom is -0.454 e. The van der Waals surface area contributed by atoms with Gasteiger partial charge in [0.25, 0.3) is 6.71 Å². The lowest BCUT2D eigenvalue weighted by Gasteiger charge is -2.45. The Morgan fingerprint density at radius 3 is 1.06 bits per heavy atom. The molecule has 0 atom stereocenters. The van der Waals surface area contributed by atoms with Gasteiger partial charge >= 0.3 is 0 Å². The monoisotopic (exact) mass is 1320 g/mol. The molecule has 0 N–H and O–H groups in total. The minimum atomic E-state index is -2.06. The number of benzene rings is 15. The van der Waals surface area contributed by atoms with Crippen molar-refractivity contribution in [3.63, 3.8) is 0 Å². The molecule has 6 heterocycles. The fraction of sp³-hybridized carbons (Fsp3) is 0.0426. The molecule has 15 aromatic carbocycles. The first-order chi connectivity index (χ1) is 63.1. The summed E-state index contributed by atoms with van der Waals surface area (Å²) in [5.41, 5.74) is -10.3.